The van der Waals surface area contributed by atoms with Crippen LogP contribution >= 0.6 is 0 Å². The SMILES string of the molecule is C=C(O)C(C)Cc1ccccc1. The number of allylic oxidation sites excluding steroid dienone is 1. The highest BCUT2D eigenvalue weighted by molar-refractivity contribution is 5.16. The maximum atomic E-state index is 9.09. The van der Waals surface area contributed by atoms with Crippen LogP contribution in [0.15, 0.2) is 42.7 Å². The Balaban J connectivity index is 2.58. The van der Waals surface area contributed by atoms with E-state index >= 15 is 0 Å². The first-order chi connectivity index (χ1) is 5.70. The summed E-state index contributed by atoms with van der Waals surface area (Å²) in [4.78, 5) is 0. The Bertz CT molecular complexity index is 251. The summed E-state index contributed by atoms with van der Waals surface area (Å²) in [6.45, 7) is 5.47. The second kappa shape index (κ2) is 3.96. The summed E-state index contributed by atoms with van der Waals surface area (Å²) in [7, 11) is 0. The van der Waals surface area contributed by atoms with Crippen LogP contribution in [0.4, 0.5) is 0 Å². The molecular formula is C11H14O. The van der Waals surface area contributed by atoms with Crippen LogP contribution < -0.4 is 0 Å². The molecule has 1 rings (SSSR count). The van der Waals surface area contributed by atoms with Crippen LogP contribution in [0.25, 0.3) is 0 Å². The molecular weight excluding hydrogens is 148 g/mol. The Labute approximate surface area is 73.4 Å². The van der Waals surface area contributed by atoms with Crippen molar-refractivity contribution in [3.05, 3.63) is 48.2 Å². The number of benzene rings is 1. The molecule has 0 radical (unpaired) electrons. The molecule has 1 aromatic rings. The molecule has 64 valence electrons. The molecule has 1 unspecified atom stereocenters. The third-order valence-corrected chi connectivity index (χ3v) is 1.95. The molecule has 0 amide bonds. The first-order valence-electron chi connectivity index (χ1n) is 4.12. The van der Waals surface area contributed by atoms with E-state index in [4.69, 9.17) is 5.11 Å². The average molecular weight is 162 g/mol. The highest BCUT2D eigenvalue weighted by Crippen LogP contribution is 2.12. The lowest BCUT2D eigenvalue weighted by atomic mass is 10.0. The third-order valence-electron chi connectivity index (χ3n) is 1.95. The van der Waals surface area contributed by atoms with Crippen molar-refractivity contribution in [1.29, 1.82) is 0 Å². The van der Waals surface area contributed by atoms with Crippen molar-refractivity contribution in [2.24, 2.45) is 5.92 Å². The Morgan fingerprint density at radius 2 is 2.00 bits per heavy atom. The van der Waals surface area contributed by atoms with Crippen LogP contribution in [0, 0.1) is 5.92 Å². The van der Waals surface area contributed by atoms with E-state index in [1.165, 1.54) is 5.56 Å². The van der Waals surface area contributed by atoms with Gasteiger partial charge in [-0.2, -0.15) is 0 Å². The molecule has 1 aromatic carbocycles. The molecule has 0 bridgehead atoms. The number of rotatable bonds is 3. The molecule has 1 nitrogen and oxygen atoms in total. The molecule has 0 fully saturated rings. The summed E-state index contributed by atoms with van der Waals surface area (Å²) in [5, 5.41) is 9.09. The van der Waals surface area contributed by atoms with Gasteiger partial charge < -0.3 is 5.11 Å². The van der Waals surface area contributed by atoms with Crippen molar-refractivity contribution in [2.75, 3.05) is 0 Å². The number of hydrogen-bond donors (Lipinski definition) is 1. The standard InChI is InChI=1S/C11H14O/c1-9(10(2)12)8-11-6-4-3-5-7-11/h3-7,9,12H,2,8H2,1H3. The molecule has 0 aliphatic heterocycles. The van der Waals surface area contributed by atoms with E-state index in [9.17, 15) is 0 Å². The van der Waals surface area contributed by atoms with Crippen molar-refractivity contribution < 1.29 is 5.11 Å². The summed E-state index contributed by atoms with van der Waals surface area (Å²) < 4.78 is 0. The van der Waals surface area contributed by atoms with Crippen LogP contribution in [-0.4, -0.2) is 5.11 Å². The minimum atomic E-state index is 0.146. The molecule has 1 heteroatoms. The molecule has 0 aliphatic carbocycles. The Morgan fingerprint density at radius 1 is 1.42 bits per heavy atom. The fraction of sp³-hybridized carbons (Fsp3) is 0.273. The maximum absolute atomic E-state index is 9.09. The van der Waals surface area contributed by atoms with Crippen molar-refractivity contribution in [2.45, 2.75) is 13.3 Å². The summed E-state index contributed by atoms with van der Waals surface area (Å²) in [5.41, 5.74) is 1.24. The smallest absolute Gasteiger partial charge is 0.0882 e. The van der Waals surface area contributed by atoms with Crippen LogP contribution in [-0.2, 0) is 6.42 Å². The normalized spacial score (nSPS) is 12.4. The van der Waals surface area contributed by atoms with Crippen LogP contribution in [0.2, 0.25) is 0 Å². The molecule has 1 atom stereocenters. The van der Waals surface area contributed by atoms with E-state index in [1.807, 2.05) is 25.1 Å². The molecule has 1 N–H and O–H groups in total. The molecule has 0 aromatic heterocycles. The zero-order valence-electron chi connectivity index (χ0n) is 7.33. The zero-order chi connectivity index (χ0) is 8.97. The summed E-state index contributed by atoms with van der Waals surface area (Å²) >= 11 is 0. The van der Waals surface area contributed by atoms with Gasteiger partial charge in [0.2, 0.25) is 0 Å². The minimum absolute atomic E-state index is 0.146. The number of aliphatic hydroxyl groups excluding tert-OH is 1. The first kappa shape index (κ1) is 8.85. The van der Waals surface area contributed by atoms with Gasteiger partial charge >= 0.3 is 0 Å². The number of aliphatic hydroxyl groups is 1. The molecule has 0 spiro atoms. The van der Waals surface area contributed by atoms with Gasteiger partial charge in [-0.15, -0.1) is 0 Å². The van der Waals surface area contributed by atoms with Crippen molar-refractivity contribution in [1.82, 2.24) is 0 Å². The molecule has 12 heavy (non-hydrogen) atoms. The minimum Gasteiger partial charge on any atom is -0.513 e. The number of hydrogen-bond acceptors (Lipinski definition) is 1. The average Bonchev–Trinajstić information content (AvgIpc) is 2.06. The molecule has 0 saturated carbocycles. The molecule has 0 saturated heterocycles. The van der Waals surface area contributed by atoms with Crippen LogP contribution in [0.3, 0.4) is 0 Å². The van der Waals surface area contributed by atoms with Gasteiger partial charge in [0.1, 0.15) is 0 Å². The first-order valence-corrected chi connectivity index (χ1v) is 4.12. The Hall–Kier alpha value is -1.24. The maximum Gasteiger partial charge on any atom is 0.0882 e. The van der Waals surface area contributed by atoms with E-state index in [0.717, 1.165) is 6.42 Å². The van der Waals surface area contributed by atoms with Gasteiger partial charge in [0.05, 0.1) is 5.76 Å². The Kier molecular flexibility index (Phi) is 2.92. The lowest BCUT2D eigenvalue weighted by Crippen LogP contribution is -2.01. The van der Waals surface area contributed by atoms with E-state index in [-0.39, 0.29) is 11.7 Å². The molecule has 0 aliphatic rings. The van der Waals surface area contributed by atoms with Gasteiger partial charge in [0, 0.05) is 5.92 Å². The van der Waals surface area contributed by atoms with Crippen molar-refractivity contribution in [3.63, 3.8) is 0 Å². The van der Waals surface area contributed by atoms with Gasteiger partial charge in [-0.3, -0.25) is 0 Å². The van der Waals surface area contributed by atoms with E-state index in [2.05, 4.69) is 18.7 Å². The predicted octanol–water partition coefficient (Wildman–Crippen LogP) is 2.94. The fourth-order valence-electron chi connectivity index (χ4n) is 1.09. The van der Waals surface area contributed by atoms with Crippen LogP contribution in [0.5, 0.6) is 0 Å². The monoisotopic (exact) mass is 162 g/mol. The summed E-state index contributed by atoms with van der Waals surface area (Å²) in [6, 6.07) is 10.1. The van der Waals surface area contributed by atoms with Gasteiger partial charge in [0.15, 0.2) is 0 Å². The van der Waals surface area contributed by atoms with E-state index in [0.29, 0.717) is 0 Å². The Morgan fingerprint density at radius 3 is 2.50 bits per heavy atom. The van der Waals surface area contributed by atoms with Gasteiger partial charge in [0.25, 0.3) is 0 Å². The third kappa shape index (κ3) is 2.42. The fourth-order valence-corrected chi connectivity index (χ4v) is 1.09. The zero-order valence-corrected chi connectivity index (χ0v) is 7.33. The second-order valence-electron chi connectivity index (χ2n) is 3.08. The molecule has 0 heterocycles. The second-order valence-corrected chi connectivity index (χ2v) is 3.08. The summed E-state index contributed by atoms with van der Waals surface area (Å²) in [5.74, 6) is 0.409. The van der Waals surface area contributed by atoms with Gasteiger partial charge in [-0.1, -0.05) is 43.8 Å². The van der Waals surface area contributed by atoms with Gasteiger partial charge in [-0.05, 0) is 12.0 Å². The lowest BCUT2D eigenvalue weighted by molar-refractivity contribution is 0.342. The van der Waals surface area contributed by atoms with E-state index in [1.54, 1.807) is 0 Å². The van der Waals surface area contributed by atoms with Crippen LogP contribution in [0.1, 0.15) is 12.5 Å². The quantitative estimate of drug-likeness (QED) is 0.677. The van der Waals surface area contributed by atoms with Crippen molar-refractivity contribution in [3.8, 4) is 0 Å². The van der Waals surface area contributed by atoms with E-state index < -0.39 is 0 Å². The lowest BCUT2D eigenvalue weighted by Gasteiger charge is -2.08. The highest BCUT2D eigenvalue weighted by Gasteiger charge is 2.04. The topological polar surface area (TPSA) is 20.2 Å². The highest BCUT2D eigenvalue weighted by atomic mass is 16.3. The largest absolute Gasteiger partial charge is 0.513 e. The van der Waals surface area contributed by atoms with Gasteiger partial charge in [-0.25, -0.2) is 0 Å². The predicted molar refractivity (Wildman–Crippen MR) is 51.1 cm³/mol. The van der Waals surface area contributed by atoms with Crippen molar-refractivity contribution >= 4 is 0 Å². The summed E-state index contributed by atoms with van der Waals surface area (Å²) in [6.07, 6.45) is 0.857.